The molecule has 0 saturated heterocycles. The van der Waals surface area contributed by atoms with Crippen molar-refractivity contribution in [1.82, 2.24) is 9.88 Å². The van der Waals surface area contributed by atoms with Crippen LogP contribution in [0.4, 0.5) is 0 Å². The molecule has 1 fully saturated rings. The first-order valence-corrected chi connectivity index (χ1v) is 7.81. The van der Waals surface area contributed by atoms with E-state index in [-0.39, 0.29) is 6.10 Å². The maximum atomic E-state index is 10.2. The molecule has 3 heteroatoms. The lowest BCUT2D eigenvalue weighted by Gasteiger charge is -2.37. The number of rotatable bonds is 5. The van der Waals surface area contributed by atoms with E-state index in [0.717, 1.165) is 37.8 Å². The van der Waals surface area contributed by atoms with Crippen molar-refractivity contribution in [2.45, 2.75) is 45.8 Å². The van der Waals surface area contributed by atoms with Crippen LogP contribution in [0.15, 0.2) is 24.5 Å². The van der Waals surface area contributed by atoms with Crippen LogP contribution in [0.3, 0.4) is 0 Å². The molecule has 0 aliphatic heterocycles. The summed E-state index contributed by atoms with van der Waals surface area (Å²) in [4.78, 5) is 6.47. The Morgan fingerprint density at radius 1 is 1.40 bits per heavy atom. The summed E-state index contributed by atoms with van der Waals surface area (Å²) in [7, 11) is 2.14. The van der Waals surface area contributed by atoms with Gasteiger partial charge < -0.3 is 10.0 Å². The van der Waals surface area contributed by atoms with Gasteiger partial charge in [0, 0.05) is 25.5 Å². The minimum atomic E-state index is -0.124. The largest absolute Gasteiger partial charge is 0.393 e. The zero-order chi connectivity index (χ0) is 14.5. The fraction of sp³-hybridized carbons (Fsp3) is 0.706. The molecule has 2 rings (SSSR count). The molecular weight excluding hydrogens is 248 g/mol. The molecule has 3 nitrogen and oxygen atoms in total. The van der Waals surface area contributed by atoms with Gasteiger partial charge in [-0.25, -0.2) is 0 Å². The third kappa shape index (κ3) is 4.29. The molecule has 1 N–H and O–H groups in total. The summed E-state index contributed by atoms with van der Waals surface area (Å²) in [5.41, 5.74) is 1.24. The van der Waals surface area contributed by atoms with Crippen LogP contribution in [0.25, 0.3) is 0 Å². The van der Waals surface area contributed by atoms with Crippen LogP contribution in [0.5, 0.6) is 0 Å². The van der Waals surface area contributed by atoms with Crippen LogP contribution in [0.1, 0.15) is 38.7 Å². The van der Waals surface area contributed by atoms with Gasteiger partial charge in [-0.3, -0.25) is 4.98 Å². The quantitative estimate of drug-likeness (QED) is 0.898. The number of nitrogens with zero attached hydrogens (tertiary/aromatic N) is 2. The van der Waals surface area contributed by atoms with Crippen molar-refractivity contribution in [2.75, 3.05) is 13.6 Å². The van der Waals surface area contributed by atoms with Gasteiger partial charge in [0.2, 0.25) is 0 Å². The highest BCUT2D eigenvalue weighted by atomic mass is 16.3. The molecule has 20 heavy (non-hydrogen) atoms. The molecule has 112 valence electrons. The first kappa shape index (κ1) is 15.5. The molecule has 0 bridgehead atoms. The first-order valence-electron chi connectivity index (χ1n) is 7.81. The van der Waals surface area contributed by atoms with Gasteiger partial charge in [-0.2, -0.15) is 0 Å². The number of aromatic nitrogens is 1. The summed E-state index contributed by atoms with van der Waals surface area (Å²) in [5.74, 6) is 1.92. The van der Waals surface area contributed by atoms with Crippen LogP contribution in [-0.4, -0.2) is 34.7 Å². The van der Waals surface area contributed by atoms with E-state index in [0.29, 0.717) is 5.92 Å². The maximum Gasteiger partial charge on any atom is 0.0580 e. The van der Waals surface area contributed by atoms with E-state index in [1.807, 2.05) is 18.5 Å². The van der Waals surface area contributed by atoms with Crippen molar-refractivity contribution in [3.8, 4) is 0 Å². The molecule has 1 aromatic rings. The molecule has 1 aromatic heterocycles. The second-order valence-electron chi connectivity index (χ2n) is 6.70. The van der Waals surface area contributed by atoms with Crippen molar-refractivity contribution in [2.24, 2.45) is 17.8 Å². The third-order valence-electron chi connectivity index (χ3n) is 4.65. The zero-order valence-corrected chi connectivity index (χ0v) is 13.0. The van der Waals surface area contributed by atoms with Crippen LogP contribution < -0.4 is 0 Å². The molecule has 1 saturated carbocycles. The molecule has 1 aliphatic carbocycles. The van der Waals surface area contributed by atoms with Crippen molar-refractivity contribution in [3.63, 3.8) is 0 Å². The van der Waals surface area contributed by atoms with E-state index in [1.54, 1.807) is 0 Å². The fourth-order valence-corrected chi connectivity index (χ4v) is 3.35. The molecule has 0 spiro atoms. The topological polar surface area (TPSA) is 36.4 Å². The van der Waals surface area contributed by atoms with E-state index >= 15 is 0 Å². The second kappa shape index (κ2) is 7.19. The number of aliphatic hydroxyl groups excluding tert-OH is 1. The lowest BCUT2D eigenvalue weighted by Crippen LogP contribution is -2.38. The summed E-state index contributed by atoms with van der Waals surface area (Å²) in [6.07, 6.45) is 6.92. The molecule has 0 aromatic carbocycles. The maximum absolute atomic E-state index is 10.2. The predicted octanol–water partition coefficient (Wildman–Crippen LogP) is 2.95. The van der Waals surface area contributed by atoms with Crippen molar-refractivity contribution in [3.05, 3.63) is 30.1 Å². The minimum Gasteiger partial charge on any atom is -0.393 e. The van der Waals surface area contributed by atoms with Gasteiger partial charge in [0.05, 0.1) is 6.10 Å². The van der Waals surface area contributed by atoms with E-state index in [2.05, 4.69) is 36.8 Å². The van der Waals surface area contributed by atoms with E-state index in [9.17, 15) is 5.11 Å². The molecular formula is C17H28N2O. The molecule has 3 unspecified atom stereocenters. The summed E-state index contributed by atoms with van der Waals surface area (Å²) < 4.78 is 0. The van der Waals surface area contributed by atoms with Crippen molar-refractivity contribution in [1.29, 1.82) is 0 Å². The highest BCUT2D eigenvalue weighted by Gasteiger charge is 2.31. The molecule has 1 heterocycles. The Balaban J connectivity index is 1.87. The average Bonchev–Trinajstić information content (AvgIpc) is 2.42. The lowest BCUT2D eigenvalue weighted by molar-refractivity contribution is 0.0214. The van der Waals surface area contributed by atoms with Gasteiger partial charge in [0.25, 0.3) is 0 Å². The zero-order valence-electron chi connectivity index (χ0n) is 13.0. The van der Waals surface area contributed by atoms with Crippen LogP contribution >= 0.6 is 0 Å². The minimum absolute atomic E-state index is 0.124. The number of aliphatic hydroxyl groups is 1. The van der Waals surface area contributed by atoms with Crippen LogP contribution in [-0.2, 0) is 6.54 Å². The van der Waals surface area contributed by atoms with Crippen molar-refractivity contribution >= 4 is 0 Å². The Kier molecular flexibility index (Phi) is 5.55. The lowest BCUT2D eigenvalue weighted by atomic mass is 9.74. The summed E-state index contributed by atoms with van der Waals surface area (Å²) in [5, 5.41) is 10.2. The van der Waals surface area contributed by atoms with Crippen LogP contribution in [0, 0.1) is 17.8 Å². The normalized spacial score (nSPS) is 27.2. The van der Waals surface area contributed by atoms with E-state index in [4.69, 9.17) is 0 Å². The smallest absolute Gasteiger partial charge is 0.0580 e. The SMILES string of the molecule is CC(C)C1CCC(O)C(CN(C)Cc2cccnc2)C1. The molecule has 1 aliphatic rings. The van der Waals surface area contributed by atoms with Gasteiger partial charge in [0.1, 0.15) is 0 Å². The summed E-state index contributed by atoms with van der Waals surface area (Å²) in [6.45, 7) is 6.49. The predicted molar refractivity (Wildman–Crippen MR) is 82.2 cm³/mol. The van der Waals surface area contributed by atoms with Crippen LogP contribution in [0.2, 0.25) is 0 Å². The van der Waals surface area contributed by atoms with Gasteiger partial charge in [-0.15, -0.1) is 0 Å². The second-order valence-corrected chi connectivity index (χ2v) is 6.70. The number of hydrogen-bond acceptors (Lipinski definition) is 3. The Labute approximate surface area is 123 Å². The molecule has 0 amide bonds. The summed E-state index contributed by atoms with van der Waals surface area (Å²) in [6, 6.07) is 4.09. The molecule has 0 radical (unpaired) electrons. The molecule has 3 atom stereocenters. The van der Waals surface area contributed by atoms with Gasteiger partial charge >= 0.3 is 0 Å². The highest BCUT2D eigenvalue weighted by Crippen LogP contribution is 2.34. The Morgan fingerprint density at radius 2 is 2.20 bits per heavy atom. The standard InChI is InChI=1S/C17H28N2O/c1-13(2)15-6-7-17(20)16(9-15)12-19(3)11-14-5-4-8-18-10-14/h4-5,8,10,13,15-17,20H,6-7,9,11-12H2,1-3H3. The van der Waals surface area contributed by atoms with E-state index in [1.165, 1.54) is 12.0 Å². The summed E-state index contributed by atoms with van der Waals surface area (Å²) >= 11 is 0. The highest BCUT2D eigenvalue weighted by molar-refractivity contribution is 5.08. The van der Waals surface area contributed by atoms with E-state index < -0.39 is 0 Å². The van der Waals surface area contributed by atoms with Crippen molar-refractivity contribution < 1.29 is 5.11 Å². The average molecular weight is 276 g/mol. The first-order chi connectivity index (χ1) is 9.56. The van der Waals surface area contributed by atoms with Gasteiger partial charge in [0.15, 0.2) is 0 Å². The Hall–Kier alpha value is -0.930. The monoisotopic (exact) mass is 276 g/mol. The number of hydrogen-bond donors (Lipinski definition) is 1. The van der Waals surface area contributed by atoms with Gasteiger partial charge in [-0.1, -0.05) is 19.9 Å². The van der Waals surface area contributed by atoms with Gasteiger partial charge in [-0.05, 0) is 55.7 Å². The number of pyridine rings is 1. The fourth-order valence-electron chi connectivity index (χ4n) is 3.35. The Morgan fingerprint density at radius 3 is 2.85 bits per heavy atom. The Bertz CT molecular complexity index is 393. The third-order valence-corrected chi connectivity index (χ3v) is 4.65.